The average Bonchev–Trinajstić information content (AvgIpc) is 2.95. The maximum atomic E-state index is 4.64. The lowest BCUT2D eigenvalue weighted by Gasteiger charge is -2.04. The molecule has 0 fully saturated rings. The van der Waals surface area contributed by atoms with Gasteiger partial charge in [0.15, 0.2) is 11.5 Å². The molecule has 3 heterocycles. The van der Waals surface area contributed by atoms with Crippen LogP contribution >= 0.6 is 0 Å². The van der Waals surface area contributed by atoms with E-state index in [4.69, 9.17) is 0 Å². The first-order valence-electron chi connectivity index (χ1n) is 5.99. The normalized spacial score (nSPS) is 11.8. The third-order valence-electron chi connectivity index (χ3n) is 3.07. The summed E-state index contributed by atoms with van der Waals surface area (Å²) in [5.74, 6) is 0.833. The van der Waals surface area contributed by atoms with Gasteiger partial charge in [0, 0.05) is 13.1 Å². The van der Waals surface area contributed by atoms with Crippen LogP contribution in [0.15, 0.2) is 12.5 Å². The SMILES string of the molecule is Cc1nn(C(C)C)c2nc(-c3cncn3C)[nH]c12. The highest BCUT2D eigenvalue weighted by Gasteiger charge is 2.16. The van der Waals surface area contributed by atoms with Crippen molar-refractivity contribution in [1.82, 2.24) is 29.3 Å². The molecule has 94 valence electrons. The molecule has 0 spiro atoms. The van der Waals surface area contributed by atoms with Gasteiger partial charge in [0.05, 0.1) is 18.2 Å². The highest BCUT2D eigenvalue weighted by molar-refractivity contribution is 5.78. The van der Waals surface area contributed by atoms with Crippen LogP contribution in [0, 0.1) is 6.92 Å². The first kappa shape index (κ1) is 11.0. The van der Waals surface area contributed by atoms with Crippen LogP contribution in [0.4, 0.5) is 0 Å². The third kappa shape index (κ3) is 1.45. The Hall–Kier alpha value is -2.11. The van der Waals surface area contributed by atoms with Gasteiger partial charge in [-0.3, -0.25) is 0 Å². The van der Waals surface area contributed by atoms with E-state index in [1.165, 1.54) is 0 Å². The zero-order valence-corrected chi connectivity index (χ0v) is 11.0. The molecule has 0 amide bonds. The van der Waals surface area contributed by atoms with Crippen LogP contribution < -0.4 is 0 Å². The number of aromatic nitrogens is 6. The van der Waals surface area contributed by atoms with E-state index in [1.54, 1.807) is 12.5 Å². The first-order chi connectivity index (χ1) is 8.58. The van der Waals surface area contributed by atoms with Gasteiger partial charge in [-0.15, -0.1) is 0 Å². The van der Waals surface area contributed by atoms with E-state index in [-0.39, 0.29) is 0 Å². The number of hydrogen-bond acceptors (Lipinski definition) is 3. The zero-order chi connectivity index (χ0) is 12.9. The molecular formula is C12H16N6. The number of rotatable bonds is 2. The Bertz CT molecular complexity index is 699. The molecule has 3 rings (SSSR count). The van der Waals surface area contributed by atoms with E-state index in [0.29, 0.717) is 6.04 Å². The molecule has 6 heteroatoms. The number of fused-ring (bicyclic) bond motifs is 1. The smallest absolute Gasteiger partial charge is 0.177 e. The number of nitrogens with zero attached hydrogens (tertiary/aromatic N) is 5. The lowest BCUT2D eigenvalue weighted by Crippen LogP contribution is -2.03. The molecule has 0 radical (unpaired) electrons. The van der Waals surface area contributed by atoms with E-state index < -0.39 is 0 Å². The molecule has 0 aliphatic rings. The average molecular weight is 244 g/mol. The van der Waals surface area contributed by atoms with Crippen molar-refractivity contribution < 1.29 is 0 Å². The van der Waals surface area contributed by atoms with E-state index in [9.17, 15) is 0 Å². The van der Waals surface area contributed by atoms with Crippen LogP contribution in [-0.4, -0.2) is 29.3 Å². The molecule has 0 aliphatic carbocycles. The number of hydrogen-bond donors (Lipinski definition) is 1. The van der Waals surface area contributed by atoms with Crippen LogP contribution in [0.2, 0.25) is 0 Å². The summed E-state index contributed by atoms with van der Waals surface area (Å²) in [6.45, 7) is 6.20. The summed E-state index contributed by atoms with van der Waals surface area (Å²) in [5.41, 5.74) is 3.85. The van der Waals surface area contributed by atoms with Gasteiger partial charge in [-0.1, -0.05) is 0 Å². The van der Waals surface area contributed by atoms with E-state index in [1.807, 2.05) is 23.2 Å². The summed E-state index contributed by atoms with van der Waals surface area (Å²) < 4.78 is 3.89. The van der Waals surface area contributed by atoms with Crippen molar-refractivity contribution in [3.05, 3.63) is 18.2 Å². The molecule has 3 aromatic rings. The molecule has 0 aromatic carbocycles. The van der Waals surface area contributed by atoms with E-state index in [0.717, 1.165) is 28.4 Å². The number of H-pyrrole nitrogens is 1. The Morgan fingerprint density at radius 1 is 1.33 bits per heavy atom. The summed E-state index contributed by atoms with van der Waals surface area (Å²) >= 11 is 0. The van der Waals surface area contributed by atoms with Crippen molar-refractivity contribution in [3.63, 3.8) is 0 Å². The van der Waals surface area contributed by atoms with Gasteiger partial charge in [-0.25, -0.2) is 14.6 Å². The Balaban J connectivity index is 2.23. The third-order valence-corrected chi connectivity index (χ3v) is 3.07. The fourth-order valence-corrected chi connectivity index (χ4v) is 2.11. The fourth-order valence-electron chi connectivity index (χ4n) is 2.11. The van der Waals surface area contributed by atoms with Crippen molar-refractivity contribution in [2.45, 2.75) is 26.8 Å². The van der Waals surface area contributed by atoms with Crippen molar-refractivity contribution in [3.8, 4) is 11.5 Å². The molecule has 18 heavy (non-hydrogen) atoms. The lowest BCUT2D eigenvalue weighted by atomic mass is 10.4. The van der Waals surface area contributed by atoms with Gasteiger partial charge in [0.25, 0.3) is 0 Å². The minimum absolute atomic E-state index is 0.295. The van der Waals surface area contributed by atoms with Crippen LogP contribution in [0.3, 0.4) is 0 Å². The van der Waals surface area contributed by atoms with Crippen molar-refractivity contribution in [2.75, 3.05) is 0 Å². The van der Waals surface area contributed by atoms with Crippen LogP contribution in [-0.2, 0) is 7.05 Å². The van der Waals surface area contributed by atoms with Crippen molar-refractivity contribution in [1.29, 1.82) is 0 Å². The maximum Gasteiger partial charge on any atom is 0.177 e. The van der Waals surface area contributed by atoms with Gasteiger partial charge in [0.1, 0.15) is 11.2 Å². The van der Waals surface area contributed by atoms with Gasteiger partial charge in [-0.05, 0) is 20.8 Å². The second kappa shape index (κ2) is 3.69. The molecule has 6 nitrogen and oxygen atoms in total. The molecular weight excluding hydrogens is 228 g/mol. The van der Waals surface area contributed by atoms with Crippen molar-refractivity contribution >= 4 is 11.2 Å². The van der Waals surface area contributed by atoms with Gasteiger partial charge < -0.3 is 9.55 Å². The Morgan fingerprint density at radius 2 is 2.11 bits per heavy atom. The summed E-state index contributed by atoms with van der Waals surface area (Å²) in [7, 11) is 1.96. The summed E-state index contributed by atoms with van der Waals surface area (Å²) in [4.78, 5) is 12.1. The number of imidazole rings is 2. The first-order valence-corrected chi connectivity index (χ1v) is 5.99. The second-order valence-electron chi connectivity index (χ2n) is 4.80. The maximum absolute atomic E-state index is 4.64. The minimum atomic E-state index is 0.295. The number of aromatic amines is 1. The van der Waals surface area contributed by atoms with Crippen LogP contribution in [0.5, 0.6) is 0 Å². The van der Waals surface area contributed by atoms with Gasteiger partial charge in [0.2, 0.25) is 0 Å². The van der Waals surface area contributed by atoms with Crippen LogP contribution in [0.25, 0.3) is 22.7 Å². The Kier molecular flexibility index (Phi) is 2.26. The lowest BCUT2D eigenvalue weighted by molar-refractivity contribution is 0.543. The van der Waals surface area contributed by atoms with Crippen molar-refractivity contribution in [2.24, 2.45) is 7.05 Å². The van der Waals surface area contributed by atoms with E-state index >= 15 is 0 Å². The minimum Gasteiger partial charge on any atom is -0.334 e. The zero-order valence-electron chi connectivity index (χ0n) is 11.0. The number of aryl methyl sites for hydroxylation is 2. The number of nitrogens with one attached hydrogen (secondary N) is 1. The summed E-state index contributed by atoms with van der Waals surface area (Å²) in [6, 6.07) is 0.295. The predicted molar refractivity (Wildman–Crippen MR) is 69.2 cm³/mol. The fraction of sp³-hybridized carbons (Fsp3) is 0.417. The monoisotopic (exact) mass is 244 g/mol. The van der Waals surface area contributed by atoms with Gasteiger partial charge in [-0.2, -0.15) is 5.10 Å². The van der Waals surface area contributed by atoms with Crippen LogP contribution in [0.1, 0.15) is 25.6 Å². The highest BCUT2D eigenvalue weighted by Crippen LogP contribution is 2.23. The predicted octanol–water partition coefficient (Wildman–Crippen LogP) is 2.05. The Morgan fingerprint density at radius 3 is 2.72 bits per heavy atom. The Labute approximate surface area is 105 Å². The highest BCUT2D eigenvalue weighted by atomic mass is 15.3. The van der Waals surface area contributed by atoms with E-state index in [2.05, 4.69) is 33.9 Å². The molecule has 0 saturated carbocycles. The molecule has 1 N–H and O–H groups in total. The molecule has 0 aliphatic heterocycles. The summed E-state index contributed by atoms with van der Waals surface area (Å²) in [6.07, 6.45) is 3.57. The molecule has 0 atom stereocenters. The molecule has 3 aromatic heterocycles. The largest absolute Gasteiger partial charge is 0.334 e. The topological polar surface area (TPSA) is 64.3 Å². The second-order valence-corrected chi connectivity index (χ2v) is 4.80. The molecule has 0 bridgehead atoms. The quantitative estimate of drug-likeness (QED) is 0.750. The molecule has 0 saturated heterocycles. The molecule has 0 unspecified atom stereocenters. The van der Waals surface area contributed by atoms with Gasteiger partial charge >= 0.3 is 0 Å². The summed E-state index contributed by atoms with van der Waals surface area (Å²) in [5, 5.41) is 4.49. The standard InChI is InChI=1S/C12H16N6/c1-7(2)18-12-10(8(3)16-18)14-11(15-12)9-5-13-6-17(9)4/h5-7H,1-4H3,(H,14,15).